The summed E-state index contributed by atoms with van der Waals surface area (Å²) < 4.78 is 13.6. The molecule has 11 heteroatoms. The van der Waals surface area contributed by atoms with E-state index in [0.29, 0.717) is 59.7 Å². The van der Waals surface area contributed by atoms with Gasteiger partial charge in [0, 0.05) is 31.0 Å². The fraction of sp³-hybridized carbons (Fsp3) is 0.448. The van der Waals surface area contributed by atoms with Gasteiger partial charge in [-0.25, -0.2) is 9.31 Å². The standard InChI is InChI=1S/C29H34N8O3/c1-18(34-22-9-12-36(13-10-22)28(38)40-29(2,3)4)25(35-31)20-14-24(27-21(15-30)16-33-37(27)17-20)39-23-8-7-19-6-5-11-32-26(19)23/h5-6,11,14,16-17,22-23H,7-10,12-13,31H2,1-4H3/b34-18?,35-25+. The number of aromatic nitrogens is 3. The molecule has 1 unspecified atom stereocenters. The number of piperidine rings is 1. The summed E-state index contributed by atoms with van der Waals surface area (Å²) in [6.07, 6.45) is 7.61. The summed E-state index contributed by atoms with van der Waals surface area (Å²) in [7, 11) is 0. The molecule has 40 heavy (non-hydrogen) atoms. The van der Waals surface area contributed by atoms with E-state index in [1.807, 2.05) is 39.8 Å². The number of likely N-dealkylation sites (tertiary alicyclic amines) is 1. The number of nitrogens with zero attached hydrogens (tertiary/aromatic N) is 7. The number of rotatable bonds is 5. The molecule has 3 aromatic heterocycles. The summed E-state index contributed by atoms with van der Waals surface area (Å²) in [5.74, 6) is 6.40. The fourth-order valence-electron chi connectivity index (χ4n) is 5.24. The van der Waals surface area contributed by atoms with E-state index in [9.17, 15) is 10.1 Å². The van der Waals surface area contributed by atoms with E-state index in [0.717, 1.165) is 18.5 Å². The van der Waals surface area contributed by atoms with Crippen LogP contribution in [0.25, 0.3) is 5.52 Å². The van der Waals surface area contributed by atoms with E-state index in [2.05, 4.69) is 27.3 Å². The Hall–Kier alpha value is -4.46. The molecule has 3 aromatic rings. The predicted molar refractivity (Wildman–Crippen MR) is 150 cm³/mol. The Bertz CT molecular complexity index is 1520. The summed E-state index contributed by atoms with van der Waals surface area (Å²) in [6.45, 7) is 8.59. The van der Waals surface area contributed by atoms with Crippen molar-refractivity contribution in [1.82, 2.24) is 19.5 Å². The van der Waals surface area contributed by atoms with Gasteiger partial charge in [-0.3, -0.25) is 9.98 Å². The molecule has 0 radical (unpaired) electrons. The van der Waals surface area contributed by atoms with Gasteiger partial charge in [-0.05, 0) is 71.1 Å². The Balaban J connectivity index is 1.38. The number of hydrogen-bond acceptors (Lipinski definition) is 9. The molecule has 1 aliphatic carbocycles. The summed E-state index contributed by atoms with van der Waals surface area (Å²) in [6, 6.07) is 8.06. The molecule has 0 bridgehead atoms. The van der Waals surface area contributed by atoms with E-state index >= 15 is 0 Å². The highest BCUT2D eigenvalue weighted by Gasteiger charge is 2.29. The molecular formula is C29H34N8O3. The Morgan fingerprint density at radius 2 is 2.02 bits per heavy atom. The molecule has 2 aliphatic rings. The van der Waals surface area contributed by atoms with Gasteiger partial charge in [0.1, 0.15) is 40.3 Å². The number of pyridine rings is 2. The fourth-order valence-corrected chi connectivity index (χ4v) is 5.24. The van der Waals surface area contributed by atoms with Crippen molar-refractivity contribution in [1.29, 1.82) is 5.26 Å². The van der Waals surface area contributed by atoms with Crippen LogP contribution in [0.1, 0.15) is 75.4 Å². The van der Waals surface area contributed by atoms with Crippen LogP contribution in [0.4, 0.5) is 4.79 Å². The first-order chi connectivity index (χ1) is 19.2. The van der Waals surface area contributed by atoms with Gasteiger partial charge in [0.25, 0.3) is 0 Å². The Labute approximate surface area is 233 Å². The molecule has 4 heterocycles. The first-order valence-corrected chi connectivity index (χ1v) is 13.5. The third-order valence-corrected chi connectivity index (χ3v) is 7.11. The second-order valence-corrected chi connectivity index (χ2v) is 11.1. The number of nitriles is 1. The van der Waals surface area contributed by atoms with E-state index in [4.69, 9.17) is 20.3 Å². The highest BCUT2D eigenvalue weighted by atomic mass is 16.6. The van der Waals surface area contributed by atoms with Crippen LogP contribution in [0.5, 0.6) is 5.75 Å². The number of hydrogen-bond donors (Lipinski definition) is 1. The molecular weight excluding hydrogens is 508 g/mol. The van der Waals surface area contributed by atoms with Crippen LogP contribution >= 0.6 is 0 Å². The lowest BCUT2D eigenvalue weighted by Gasteiger charge is -2.32. The lowest BCUT2D eigenvalue weighted by Crippen LogP contribution is -2.42. The van der Waals surface area contributed by atoms with Gasteiger partial charge in [0.05, 0.1) is 23.6 Å². The summed E-state index contributed by atoms with van der Waals surface area (Å²) in [5, 5.41) is 18.2. The minimum Gasteiger partial charge on any atom is -0.482 e. The topological polar surface area (TPSA) is 143 Å². The quantitative estimate of drug-likeness (QED) is 0.289. The van der Waals surface area contributed by atoms with Crippen molar-refractivity contribution < 1.29 is 14.3 Å². The lowest BCUT2D eigenvalue weighted by molar-refractivity contribution is 0.0207. The number of ether oxygens (including phenoxy) is 2. The van der Waals surface area contributed by atoms with Crippen molar-refractivity contribution in [3.05, 3.63) is 59.2 Å². The van der Waals surface area contributed by atoms with Gasteiger partial charge < -0.3 is 20.2 Å². The largest absolute Gasteiger partial charge is 0.482 e. The Morgan fingerprint density at radius 3 is 2.73 bits per heavy atom. The maximum absolute atomic E-state index is 12.4. The van der Waals surface area contributed by atoms with Gasteiger partial charge in [0.2, 0.25) is 0 Å². The van der Waals surface area contributed by atoms with Crippen LogP contribution in [-0.4, -0.2) is 61.7 Å². The Kier molecular flexibility index (Phi) is 7.43. The molecule has 11 nitrogen and oxygen atoms in total. The van der Waals surface area contributed by atoms with Crippen molar-refractivity contribution >= 4 is 23.0 Å². The van der Waals surface area contributed by atoms with E-state index < -0.39 is 5.60 Å². The summed E-state index contributed by atoms with van der Waals surface area (Å²) >= 11 is 0. The van der Waals surface area contributed by atoms with Crippen molar-refractivity contribution in [3.8, 4) is 11.8 Å². The van der Waals surface area contributed by atoms with E-state index in [1.165, 1.54) is 11.8 Å². The smallest absolute Gasteiger partial charge is 0.410 e. The highest BCUT2D eigenvalue weighted by molar-refractivity contribution is 6.47. The van der Waals surface area contributed by atoms with Gasteiger partial charge in [-0.2, -0.15) is 15.5 Å². The summed E-state index contributed by atoms with van der Waals surface area (Å²) in [4.78, 5) is 23.6. The number of aliphatic imine (C=N–C) groups is 1. The second-order valence-electron chi connectivity index (χ2n) is 11.1. The van der Waals surface area contributed by atoms with Crippen LogP contribution in [0.15, 0.2) is 46.9 Å². The lowest BCUT2D eigenvalue weighted by atomic mass is 10.0. The zero-order valence-corrected chi connectivity index (χ0v) is 23.3. The zero-order valence-electron chi connectivity index (χ0n) is 23.3. The van der Waals surface area contributed by atoms with E-state index in [-0.39, 0.29) is 18.2 Å². The molecule has 2 N–H and O–H groups in total. The normalized spacial score (nSPS) is 18.5. The molecule has 1 aliphatic heterocycles. The molecule has 208 valence electrons. The SMILES string of the molecule is CC(=NC1CCN(C(=O)OC(C)(C)C)CC1)/C(=N\N)c1cc(OC2CCc3cccnc32)c2c(C#N)cnn2c1. The zero-order chi connectivity index (χ0) is 28.4. The first kappa shape index (κ1) is 27.1. The second kappa shape index (κ2) is 11.0. The minimum absolute atomic E-state index is 0.0193. The van der Waals surface area contributed by atoms with Crippen molar-refractivity contribution in [2.45, 2.75) is 71.1 Å². The molecule has 1 saturated heterocycles. The van der Waals surface area contributed by atoms with Gasteiger partial charge in [0.15, 0.2) is 0 Å². The van der Waals surface area contributed by atoms with Crippen LogP contribution < -0.4 is 10.6 Å². The van der Waals surface area contributed by atoms with Crippen LogP contribution in [0.2, 0.25) is 0 Å². The molecule has 1 fully saturated rings. The average Bonchev–Trinajstić information content (AvgIpc) is 3.53. The van der Waals surface area contributed by atoms with E-state index in [1.54, 1.807) is 21.8 Å². The van der Waals surface area contributed by atoms with Crippen molar-refractivity contribution in [2.75, 3.05) is 13.1 Å². The molecule has 0 saturated carbocycles. The predicted octanol–water partition coefficient (Wildman–Crippen LogP) is 4.19. The third-order valence-electron chi connectivity index (χ3n) is 7.11. The number of hydrazone groups is 1. The number of nitrogens with two attached hydrogens (primary N) is 1. The molecule has 0 aromatic carbocycles. The van der Waals surface area contributed by atoms with Gasteiger partial charge in [-0.15, -0.1) is 0 Å². The molecule has 1 amide bonds. The first-order valence-electron chi connectivity index (χ1n) is 13.5. The molecule has 1 atom stereocenters. The van der Waals surface area contributed by atoms with Crippen molar-refractivity contribution in [3.63, 3.8) is 0 Å². The maximum atomic E-state index is 12.4. The number of amides is 1. The average molecular weight is 543 g/mol. The monoisotopic (exact) mass is 542 g/mol. The van der Waals surface area contributed by atoms with Crippen molar-refractivity contribution in [2.24, 2.45) is 15.9 Å². The maximum Gasteiger partial charge on any atom is 0.410 e. The van der Waals surface area contributed by atoms with Crippen LogP contribution in [0, 0.1) is 11.3 Å². The number of carbonyl (C=O) groups excluding carboxylic acids is 1. The Morgan fingerprint density at radius 1 is 1.25 bits per heavy atom. The van der Waals surface area contributed by atoms with Crippen LogP contribution in [-0.2, 0) is 11.2 Å². The summed E-state index contributed by atoms with van der Waals surface area (Å²) in [5.41, 5.74) is 4.38. The molecule has 0 spiro atoms. The van der Waals surface area contributed by atoms with Gasteiger partial charge in [-0.1, -0.05) is 6.07 Å². The third kappa shape index (κ3) is 5.61. The number of fused-ring (bicyclic) bond motifs is 2. The van der Waals surface area contributed by atoms with Gasteiger partial charge >= 0.3 is 6.09 Å². The number of aryl methyl sites for hydroxylation is 1. The highest BCUT2D eigenvalue weighted by Crippen LogP contribution is 2.36. The number of carbonyl (C=O) groups is 1. The minimum atomic E-state index is -0.529. The van der Waals surface area contributed by atoms with Crippen LogP contribution in [0.3, 0.4) is 0 Å². The molecule has 5 rings (SSSR count).